The Morgan fingerprint density at radius 1 is 0.632 bits per heavy atom. The molecule has 38 heavy (non-hydrogen) atoms. The number of hydrogen-bond donors (Lipinski definition) is 1. The third kappa shape index (κ3) is 18.2. The average molecular weight is 566 g/mol. The monoisotopic (exact) mass is 565 g/mol. The van der Waals surface area contributed by atoms with Crippen molar-refractivity contribution in [1.29, 1.82) is 0 Å². The van der Waals surface area contributed by atoms with Crippen LogP contribution < -0.4 is 5.32 Å². The van der Waals surface area contributed by atoms with Gasteiger partial charge < -0.3 is 33.7 Å². The maximum atomic E-state index is 11.1. The maximum absolute atomic E-state index is 11.1. The van der Waals surface area contributed by atoms with Gasteiger partial charge in [0, 0.05) is 25.1 Å². The summed E-state index contributed by atoms with van der Waals surface area (Å²) in [6.07, 6.45) is 4.42. The lowest BCUT2D eigenvalue weighted by molar-refractivity contribution is -0.393. The molecule has 0 aliphatic carbocycles. The van der Waals surface area contributed by atoms with E-state index in [2.05, 4.69) is 5.32 Å². The number of anilines is 1. The van der Waals surface area contributed by atoms with Crippen LogP contribution in [0.25, 0.3) is 0 Å². The van der Waals surface area contributed by atoms with Crippen LogP contribution in [0.15, 0.2) is 18.2 Å². The van der Waals surface area contributed by atoms with Crippen LogP contribution in [0.3, 0.4) is 0 Å². The second-order valence-electron chi connectivity index (χ2n) is 7.92. The van der Waals surface area contributed by atoms with Gasteiger partial charge in [-0.1, -0.05) is 12.8 Å². The van der Waals surface area contributed by atoms with Gasteiger partial charge >= 0.3 is 0 Å². The van der Waals surface area contributed by atoms with Gasteiger partial charge in [-0.15, -0.1) is 11.6 Å². The number of halogens is 1. The molecule has 0 heterocycles. The maximum Gasteiger partial charge on any atom is 0.299 e. The number of alkyl halides is 1. The molecule has 0 amide bonds. The Labute approximate surface area is 228 Å². The summed E-state index contributed by atoms with van der Waals surface area (Å²) in [6.45, 7) is 6.06. The molecule has 0 unspecified atom stereocenters. The molecule has 0 saturated carbocycles. The number of rotatable bonds is 27. The second kappa shape index (κ2) is 23.9. The fraction of sp³-hybridized carbons (Fsp3) is 0.750. The molecule has 0 spiro atoms. The van der Waals surface area contributed by atoms with Crippen molar-refractivity contribution in [1.82, 2.24) is 0 Å². The average Bonchev–Trinajstić information content (AvgIpc) is 2.91. The van der Waals surface area contributed by atoms with E-state index in [9.17, 15) is 20.2 Å². The predicted molar refractivity (Wildman–Crippen MR) is 142 cm³/mol. The van der Waals surface area contributed by atoms with Crippen LogP contribution in [-0.2, 0) is 28.4 Å². The summed E-state index contributed by atoms with van der Waals surface area (Å²) in [5.41, 5.74) is -0.503. The summed E-state index contributed by atoms with van der Waals surface area (Å²) in [7, 11) is 0. The van der Waals surface area contributed by atoms with Crippen LogP contribution >= 0.6 is 11.6 Å². The van der Waals surface area contributed by atoms with E-state index in [4.69, 9.17) is 40.0 Å². The molecule has 0 fully saturated rings. The highest BCUT2D eigenvalue weighted by molar-refractivity contribution is 6.17. The third-order valence-electron chi connectivity index (χ3n) is 4.98. The number of nitro groups is 2. The predicted octanol–water partition coefficient (Wildman–Crippen LogP) is 3.81. The van der Waals surface area contributed by atoms with E-state index in [0.717, 1.165) is 44.2 Å². The van der Waals surface area contributed by atoms with Crippen LogP contribution in [0.5, 0.6) is 0 Å². The normalized spacial score (nSPS) is 11.1. The van der Waals surface area contributed by atoms with Crippen molar-refractivity contribution in [2.24, 2.45) is 0 Å². The Kier molecular flexibility index (Phi) is 21.4. The number of unbranched alkanes of at least 4 members (excludes halogenated alkanes) is 3. The molecular formula is C24H40ClN3O10. The second-order valence-corrected chi connectivity index (χ2v) is 8.30. The molecule has 1 aromatic carbocycles. The van der Waals surface area contributed by atoms with Gasteiger partial charge in [0.15, 0.2) is 0 Å². The number of non-ortho nitro benzene ring substituents is 1. The van der Waals surface area contributed by atoms with Gasteiger partial charge in [-0.3, -0.25) is 20.2 Å². The van der Waals surface area contributed by atoms with Crippen molar-refractivity contribution in [2.45, 2.75) is 25.7 Å². The highest BCUT2D eigenvalue weighted by atomic mass is 35.5. The van der Waals surface area contributed by atoms with Gasteiger partial charge in [0.05, 0.1) is 88.6 Å². The first kappa shape index (κ1) is 33.9. The van der Waals surface area contributed by atoms with E-state index in [1.54, 1.807) is 0 Å². The quantitative estimate of drug-likeness (QED) is 0.0716. The molecular weight excluding hydrogens is 526 g/mol. The lowest BCUT2D eigenvalue weighted by Crippen LogP contribution is -2.15. The molecule has 1 N–H and O–H groups in total. The first-order valence-electron chi connectivity index (χ1n) is 12.8. The number of benzene rings is 1. The van der Waals surface area contributed by atoms with Crippen LogP contribution in [0, 0.1) is 20.2 Å². The largest absolute Gasteiger partial charge is 0.379 e. The lowest BCUT2D eigenvalue weighted by Gasteiger charge is -2.09. The van der Waals surface area contributed by atoms with Gasteiger partial charge in [0.1, 0.15) is 5.69 Å². The van der Waals surface area contributed by atoms with Crippen LogP contribution in [0.2, 0.25) is 0 Å². The Morgan fingerprint density at radius 3 is 1.58 bits per heavy atom. The van der Waals surface area contributed by atoms with Gasteiger partial charge in [0.25, 0.3) is 11.4 Å². The summed E-state index contributed by atoms with van der Waals surface area (Å²) in [5, 5.41) is 24.7. The van der Waals surface area contributed by atoms with E-state index in [1.807, 2.05) is 0 Å². The fourth-order valence-corrected chi connectivity index (χ4v) is 3.23. The zero-order valence-corrected chi connectivity index (χ0v) is 22.6. The summed E-state index contributed by atoms with van der Waals surface area (Å²) in [5.74, 6) is 0.727. The molecule has 13 nitrogen and oxygen atoms in total. The van der Waals surface area contributed by atoms with Crippen molar-refractivity contribution in [3.8, 4) is 0 Å². The SMILES string of the molecule is O=[N+]([O-])c1ccc(NCCOCCOCCOCCOCCOCCOCCCCCCCl)c([N+](=O)[O-])c1. The zero-order chi connectivity index (χ0) is 27.7. The van der Waals surface area contributed by atoms with Crippen molar-refractivity contribution in [3.05, 3.63) is 38.4 Å². The Balaban J connectivity index is 1.83. The topological polar surface area (TPSA) is 154 Å². The molecule has 0 atom stereocenters. The highest BCUT2D eigenvalue weighted by Gasteiger charge is 2.18. The lowest BCUT2D eigenvalue weighted by atomic mass is 10.2. The van der Waals surface area contributed by atoms with Crippen LogP contribution in [-0.4, -0.2) is 102 Å². The minimum absolute atomic E-state index is 0.194. The molecule has 0 bridgehead atoms. The van der Waals surface area contributed by atoms with E-state index in [1.165, 1.54) is 12.1 Å². The van der Waals surface area contributed by atoms with E-state index >= 15 is 0 Å². The molecule has 0 radical (unpaired) electrons. The molecule has 0 aliphatic rings. The molecule has 0 saturated heterocycles. The van der Waals surface area contributed by atoms with Crippen molar-refractivity contribution in [2.75, 3.05) is 97.0 Å². The Morgan fingerprint density at radius 2 is 1.11 bits per heavy atom. The van der Waals surface area contributed by atoms with Gasteiger partial charge in [-0.05, 0) is 18.9 Å². The molecule has 0 aliphatic heterocycles. The van der Waals surface area contributed by atoms with E-state index in [-0.39, 0.29) is 23.7 Å². The zero-order valence-electron chi connectivity index (χ0n) is 21.8. The molecule has 1 rings (SSSR count). The fourth-order valence-electron chi connectivity index (χ4n) is 3.05. The Bertz CT molecular complexity index is 760. The van der Waals surface area contributed by atoms with Crippen LogP contribution in [0.1, 0.15) is 25.7 Å². The van der Waals surface area contributed by atoms with Gasteiger partial charge in [-0.25, -0.2) is 0 Å². The first-order valence-corrected chi connectivity index (χ1v) is 13.3. The van der Waals surface area contributed by atoms with E-state index in [0.29, 0.717) is 72.6 Å². The van der Waals surface area contributed by atoms with E-state index < -0.39 is 9.85 Å². The summed E-state index contributed by atoms with van der Waals surface area (Å²) >= 11 is 5.63. The summed E-state index contributed by atoms with van der Waals surface area (Å²) in [4.78, 5) is 20.5. The number of nitrogens with one attached hydrogen (secondary N) is 1. The smallest absolute Gasteiger partial charge is 0.299 e. The molecule has 218 valence electrons. The minimum atomic E-state index is -0.678. The van der Waals surface area contributed by atoms with Crippen molar-refractivity contribution < 1.29 is 38.3 Å². The first-order chi connectivity index (χ1) is 18.6. The minimum Gasteiger partial charge on any atom is -0.379 e. The molecule has 14 heteroatoms. The summed E-state index contributed by atoms with van der Waals surface area (Å²) < 4.78 is 32.6. The number of nitrogens with zero attached hydrogens (tertiary/aromatic N) is 2. The van der Waals surface area contributed by atoms with Gasteiger partial charge in [0.2, 0.25) is 0 Å². The third-order valence-corrected chi connectivity index (χ3v) is 5.25. The van der Waals surface area contributed by atoms with Crippen molar-refractivity contribution in [3.63, 3.8) is 0 Å². The van der Waals surface area contributed by atoms with Crippen LogP contribution in [0.4, 0.5) is 17.1 Å². The number of nitro benzene ring substituents is 2. The summed E-state index contributed by atoms with van der Waals surface area (Å²) in [6, 6.07) is 3.44. The van der Waals surface area contributed by atoms with Crippen molar-refractivity contribution >= 4 is 28.7 Å². The highest BCUT2D eigenvalue weighted by Crippen LogP contribution is 2.28. The number of hydrogen-bond acceptors (Lipinski definition) is 11. The standard InChI is InChI=1S/C24H40ClN3O10/c25-7-3-1-2-4-9-33-11-13-35-15-17-37-19-20-38-18-16-36-14-12-34-10-8-26-23-6-5-22(27(29)30)21-24(23)28(31)32/h5-6,21,26H,1-4,7-20H2. The molecule has 1 aromatic rings. The Hall–Kier alpha value is -2.13. The number of ether oxygens (including phenoxy) is 6. The van der Waals surface area contributed by atoms with Gasteiger partial charge in [-0.2, -0.15) is 0 Å². The molecule has 0 aromatic heterocycles.